The lowest BCUT2D eigenvalue weighted by Crippen LogP contribution is -2.05. The summed E-state index contributed by atoms with van der Waals surface area (Å²) in [6.45, 7) is 3.99. The first-order valence-corrected chi connectivity index (χ1v) is 9.70. The smallest absolute Gasteiger partial charge is 0.189 e. The summed E-state index contributed by atoms with van der Waals surface area (Å²) in [6, 6.07) is 5.74. The first-order valence-electron chi connectivity index (χ1n) is 8.06. The van der Waals surface area contributed by atoms with Crippen molar-refractivity contribution in [3.63, 3.8) is 0 Å². The fourth-order valence-electron chi connectivity index (χ4n) is 2.41. The van der Waals surface area contributed by atoms with E-state index >= 15 is 0 Å². The fourth-order valence-corrected chi connectivity index (χ4v) is 4.12. The number of ether oxygens (including phenoxy) is 1. The highest BCUT2D eigenvalue weighted by molar-refractivity contribution is 7.22. The molecule has 0 bridgehead atoms. The number of thiazole rings is 2. The summed E-state index contributed by atoms with van der Waals surface area (Å²) in [4.78, 5) is 18.6. The highest BCUT2D eigenvalue weighted by Crippen LogP contribution is 2.34. The van der Waals surface area contributed by atoms with E-state index in [1.54, 1.807) is 18.4 Å². The van der Waals surface area contributed by atoms with Crippen LogP contribution < -0.4 is 21.1 Å². The molecule has 0 atom stereocenters. The molecule has 0 fully saturated rings. The Morgan fingerprint density at radius 3 is 2.33 bits per heavy atom. The molecular formula is C17H17N7OS2. The van der Waals surface area contributed by atoms with Crippen LogP contribution in [-0.4, -0.2) is 27.0 Å². The van der Waals surface area contributed by atoms with Gasteiger partial charge in [-0.05, 0) is 32.0 Å². The number of methoxy groups -OCH3 is 1. The summed E-state index contributed by atoms with van der Waals surface area (Å²) in [5.41, 5.74) is 8.51. The van der Waals surface area contributed by atoms with Gasteiger partial charge in [-0.2, -0.15) is 0 Å². The average molecular weight is 400 g/mol. The summed E-state index contributed by atoms with van der Waals surface area (Å²) < 4.78 is 6.27. The van der Waals surface area contributed by atoms with Gasteiger partial charge < -0.3 is 21.1 Å². The van der Waals surface area contributed by atoms with E-state index in [-0.39, 0.29) is 0 Å². The lowest BCUT2D eigenvalue weighted by Gasteiger charge is -2.09. The summed E-state index contributed by atoms with van der Waals surface area (Å²) in [5.74, 6) is 1.78. The molecule has 0 saturated carbocycles. The van der Waals surface area contributed by atoms with Crippen molar-refractivity contribution in [3.05, 3.63) is 35.1 Å². The Bertz CT molecular complexity index is 1100. The number of nitrogens with zero attached hydrogens (tertiary/aromatic N) is 4. The van der Waals surface area contributed by atoms with Crippen LogP contribution in [-0.2, 0) is 0 Å². The van der Waals surface area contributed by atoms with Gasteiger partial charge >= 0.3 is 0 Å². The van der Waals surface area contributed by atoms with E-state index in [0.717, 1.165) is 31.7 Å². The molecule has 0 aliphatic carbocycles. The highest BCUT2D eigenvalue weighted by atomic mass is 32.1. The Morgan fingerprint density at radius 2 is 1.70 bits per heavy atom. The van der Waals surface area contributed by atoms with Gasteiger partial charge in [0.15, 0.2) is 21.9 Å². The van der Waals surface area contributed by atoms with Gasteiger partial charge in [-0.25, -0.2) is 19.9 Å². The number of rotatable bonds is 5. The van der Waals surface area contributed by atoms with Crippen LogP contribution in [0.5, 0.6) is 5.75 Å². The maximum atomic E-state index is 6.25. The molecule has 27 heavy (non-hydrogen) atoms. The first kappa shape index (κ1) is 17.4. The maximum absolute atomic E-state index is 6.25. The fraction of sp³-hybridized carbons (Fsp3) is 0.176. The SMILES string of the molecule is COc1ccc2nc(Nc3ncnc(Nc4nc(C)c(C)s4)c3N)sc2c1. The minimum Gasteiger partial charge on any atom is -0.497 e. The number of benzene rings is 1. The normalized spacial score (nSPS) is 10.9. The molecule has 0 radical (unpaired) electrons. The number of anilines is 5. The van der Waals surface area contributed by atoms with Gasteiger partial charge in [-0.1, -0.05) is 11.3 Å². The van der Waals surface area contributed by atoms with Gasteiger partial charge in [-0.3, -0.25) is 0 Å². The van der Waals surface area contributed by atoms with Gasteiger partial charge in [0.05, 0.1) is 23.0 Å². The largest absolute Gasteiger partial charge is 0.497 e. The molecule has 0 unspecified atom stereocenters. The monoisotopic (exact) mass is 399 g/mol. The second kappa shape index (κ2) is 6.97. The van der Waals surface area contributed by atoms with Crippen LogP contribution >= 0.6 is 22.7 Å². The third kappa shape index (κ3) is 3.49. The zero-order valence-corrected chi connectivity index (χ0v) is 16.5. The van der Waals surface area contributed by atoms with Gasteiger partial charge in [0.2, 0.25) is 0 Å². The molecule has 4 N–H and O–H groups in total. The van der Waals surface area contributed by atoms with Crippen LogP contribution in [0.15, 0.2) is 24.5 Å². The van der Waals surface area contributed by atoms with Crippen molar-refractivity contribution in [1.82, 2.24) is 19.9 Å². The minimum absolute atomic E-state index is 0.403. The molecule has 8 nitrogen and oxygen atoms in total. The summed E-state index contributed by atoms with van der Waals surface area (Å²) in [6.07, 6.45) is 1.45. The standard InChI is InChI=1S/C17H17N7OS2/c1-8-9(2)26-16(21-8)23-14-13(18)15(20-7-19-14)24-17-22-11-5-4-10(25-3)6-12(11)27-17/h4-7H,18H2,1-3H3,(H2,19,20,21,22,23,24). The van der Waals surface area contributed by atoms with Crippen molar-refractivity contribution >= 4 is 60.5 Å². The van der Waals surface area contributed by atoms with Crippen molar-refractivity contribution in [3.8, 4) is 5.75 Å². The number of hydrogen-bond acceptors (Lipinski definition) is 10. The molecular weight excluding hydrogens is 382 g/mol. The Morgan fingerprint density at radius 1 is 1.00 bits per heavy atom. The molecule has 0 saturated heterocycles. The molecule has 0 amide bonds. The molecule has 0 aliphatic rings. The Kier molecular flexibility index (Phi) is 4.50. The highest BCUT2D eigenvalue weighted by Gasteiger charge is 2.13. The average Bonchev–Trinajstić information content (AvgIpc) is 3.19. The van der Waals surface area contributed by atoms with E-state index in [9.17, 15) is 0 Å². The van der Waals surface area contributed by atoms with Crippen molar-refractivity contribution in [2.24, 2.45) is 0 Å². The third-order valence-electron chi connectivity index (χ3n) is 3.96. The van der Waals surface area contributed by atoms with E-state index in [0.29, 0.717) is 22.5 Å². The second-order valence-electron chi connectivity index (χ2n) is 5.75. The number of nitrogens with two attached hydrogens (primary N) is 1. The van der Waals surface area contributed by atoms with Gasteiger partial charge in [-0.15, -0.1) is 11.3 Å². The zero-order chi connectivity index (χ0) is 19.0. The topological polar surface area (TPSA) is 111 Å². The second-order valence-corrected chi connectivity index (χ2v) is 7.98. The van der Waals surface area contributed by atoms with Crippen LogP contribution in [0.3, 0.4) is 0 Å². The van der Waals surface area contributed by atoms with E-state index in [1.165, 1.54) is 17.7 Å². The first-order chi connectivity index (χ1) is 13.0. The van der Waals surface area contributed by atoms with Crippen LogP contribution in [0.4, 0.5) is 27.6 Å². The lowest BCUT2D eigenvalue weighted by molar-refractivity contribution is 0.415. The molecule has 1 aromatic carbocycles. The Balaban J connectivity index is 1.60. The lowest BCUT2D eigenvalue weighted by atomic mass is 10.3. The molecule has 4 rings (SSSR count). The van der Waals surface area contributed by atoms with Crippen molar-refractivity contribution in [2.75, 3.05) is 23.5 Å². The maximum Gasteiger partial charge on any atom is 0.189 e. The van der Waals surface area contributed by atoms with E-state index in [1.807, 2.05) is 32.0 Å². The Labute approximate surface area is 163 Å². The van der Waals surface area contributed by atoms with Gasteiger partial charge in [0.1, 0.15) is 17.8 Å². The predicted molar refractivity (Wildman–Crippen MR) is 111 cm³/mol. The molecule has 0 aliphatic heterocycles. The number of nitrogens with one attached hydrogen (secondary N) is 2. The number of nitrogen functional groups attached to an aromatic ring is 1. The van der Waals surface area contributed by atoms with Crippen LogP contribution in [0.2, 0.25) is 0 Å². The van der Waals surface area contributed by atoms with Crippen molar-refractivity contribution in [2.45, 2.75) is 13.8 Å². The van der Waals surface area contributed by atoms with Gasteiger partial charge in [0.25, 0.3) is 0 Å². The molecule has 138 valence electrons. The molecule has 3 heterocycles. The van der Waals surface area contributed by atoms with E-state index < -0.39 is 0 Å². The number of aryl methyl sites for hydroxylation is 2. The third-order valence-corrected chi connectivity index (χ3v) is 5.88. The number of aromatic nitrogens is 4. The van der Waals surface area contributed by atoms with Crippen LogP contribution in [0, 0.1) is 13.8 Å². The minimum atomic E-state index is 0.403. The van der Waals surface area contributed by atoms with Gasteiger partial charge in [0, 0.05) is 4.88 Å². The number of fused-ring (bicyclic) bond motifs is 1. The summed E-state index contributed by atoms with van der Waals surface area (Å²) >= 11 is 3.05. The van der Waals surface area contributed by atoms with Crippen LogP contribution in [0.1, 0.15) is 10.6 Å². The zero-order valence-electron chi connectivity index (χ0n) is 14.9. The number of hydrogen-bond donors (Lipinski definition) is 3. The Hall–Kier alpha value is -2.98. The van der Waals surface area contributed by atoms with Crippen molar-refractivity contribution in [1.29, 1.82) is 0 Å². The van der Waals surface area contributed by atoms with Crippen molar-refractivity contribution < 1.29 is 4.74 Å². The predicted octanol–water partition coefficient (Wildman–Crippen LogP) is 4.24. The summed E-state index contributed by atoms with van der Waals surface area (Å²) in [7, 11) is 1.64. The van der Waals surface area contributed by atoms with E-state index in [4.69, 9.17) is 10.5 Å². The molecule has 10 heteroatoms. The van der Waals surface area contributed by atoms with E-state index in [2.05, 4.69) is 30.6 Å². The molecule has 4 aromatic rings. The molecule has 3 aromatic heterocycles. The summed E-state index contributed by atoms with van der Waals surface area (Å²) in [5, 5.41) is 7.77. The van der Waals surface area contributed by atoms with Crippen LogP contribution in [0.25, 0.3) is 10.2 Å². The quantitative estimate of drug-likeness (QED) is 0.457. The molecule has 0 spiro atoms.